The zero-order valence-corrected chi connectivity index (χ0v) is 19.5. The highest BCUT2D eigenvalue weighted by molar-refractivity contribution is 5.87. The number of alkyl halides is 2. The van der Waals surface area contributed by atoms with Crippen LogP contribution in [0.5, 0.6) is 11.6 Å². The van der Waals surface area contributed by atoms with Gasteiger partial charge in [-0.05, 0) is 61.0 Å². The lowest BCUT2D eigenvalue weighted by Crippen LogP contribution is -2.21. The van der Waals surface area contributed by atoms with Crippen LogP contribution in [-0.4, -0.2) is 37.4 Å². The number of ether oxygens (including phenoxy) is 2. The lowest BCUT2D eigenvalue weighted by Gasteiger charge is -2.14. The lowest BCUT2D eigenvalue weighted by atomic mass is 10.0. The summed E-state index contributed by atoms with van der Waals surface area (Å²) >= 11 is 0. The van der Waals surface area contributed by atoms with Gasteiger partial charge in [-0.2, -0.15) is 13.8 Å². The van der Waals surface area contributed by atoms with Gasteiger partial charge in [0.05, 0.1) is 23.3 Å². The Kier molecular flexibility index (Phi) is 6.11. The third kappa shape index (κ3) is 4.16. The van der Waals surface area contributed by atoms with E-state index in [9.17, 15) is 18.7 Å². The molecule has 0 amide bonds. The molecule has 0 aliphatic rings. The molecule has 0 saturated heterocycles. The van der Waals surface area contributed by atoms with Crippen molar-refractivity contribution in [1.82, 2.24) is 19.1 Å². The number of aliphatic hydroxyl groups is 1. The topological polar surface area (TPSA) is 91.4 Å². The summed E-state index contributed by atoms with van der Waals surface area (Å²) in [6.07, 6.45) is 0. The van der Waals surface area contributed by atoms with Crippen LogP contribution in [0.1, 0.15) is 12.7 Å². The van der Waals surface area contributed by atoms with E-state index < -0.39 is 6.61 Å². The van der Waals surface area contributed by atoms with Gasteiger partial charge >= 0.3 is 6.61 Å². The summed E-state index contributed by atoms with van der Waals surface area (Å²) in [7, 11) is 1.80. The van der Waals surface area contributed by atoms with Crippen LogP contribution in [-0.2, 0) is 13.7 Å². The monoisotopic (exact) mass is 492 g/mol. The standard InChI is InChI=1S/C26H22F2N4O4/c1-3-35-23-11-5-16-12-19(15-4-10-20-21(13-15)31(2)22(14-33)29-20)25(34)32(24(16)30-23)17-6-8-18(9-7-17)36-26(27)28/h4-13,26,33H,3,14H2,1-2H3. The van der Waals surface area contributed by atoms with Crippen LogP contribution in [0.15, 0.2) is 65.5 Å². The number of nitrogens with zero attached hydrogens (tertiary/aromatic N) is 4. The Hall–Kier alpha value is -4.31. The summed E-state index contributed by atoms with van der Waals surface area (Å²) < 4.78 is 38.4. The van der Waals surface area contributed by atoms with Gasteiger partial charge in [-0.25, -0.2) is 4.98 Å². The number of rotatable bonds is 7. The Balaban J connectivity index is 1.74. The van der Waals surface area contributed by atoms with Crippen molar-refractivity contribution in [3.05, 3.63) is 76.8 Å². The first kappa shape index (κ1) is 23.4. The fraction of sp³-hybridized carbons (Fsp3) is 0.192. The van der Waals surface area contributed by atoms with Gasteiger partial charge < -0.3 is 19.1 Å². The molecule has 8 nitrogen and oxygen atoms in total. The van der Waals surface area contributed by atoms with Crippen molar-refractivity contribution in [3.63, 3.8) is 0 Å². The fourth-order valence-electron chi connectivity index (χ4n) is 4.17. The number of halogens is 2. The van der Waals surface area contributed by atoms with E-state index in [0.29, 0.717) is 51.7 Å². The van der Waals surface area contributed by atoms with Gasteiger partial charge in [-0.3, -0.25) is 9.36 Å². The normalized spacial score (nSPS) is 11.5. The van der Waals surface area contributed by atoms with Crippen LogP contribution in [0.25, 0.3) is 38.9 Å². The minimum Gasteiger partial charge on any atom is -0.478 e. The highest BCUT2D eigenvalue weighted by atomic mass is 19.3. The highest BCUT2D eigenvalue weighted by Crippen LogP contribution is 2.28. The van der Waals surface area contributed by atoms with Crippen molar-refractivity contribution in [3.8, 4) is 28.4 Å². The van der Waals surface area contributed by atoms with E-state index in [1.54, 1.807) is 35.9 Å². The molecule has 0 spiro atoms. The molecular weight excluding hydrogens is 470 g/mol. The van der Waals surface area contributed by atoms with Crippen molar-refractivity contribution in [2.75, 3.05) is 6.61 Å². The molecule has 10 heteroatoms. The van der Waals surface area contributed by atoms with Gasteiger partial charge in [0.2, 0.25) is 5.88 Å². The lowest BCUT2D eigenvalue weighted by molar-refractivity contribution is -0.0498. The van der Waals surface area contributed by atoms with E-state index >= 15 is 0 Å². The van der Waals surface area contributed by atoms with Crippen LogP contribution < -0.4 is 15.0 Å². The number of hydrogen-bond acceptors (Lipinski definition) is 6. The summed E-state index contributed by atoms with van der Waals surface area (Å²) in [6.45, 7) is -0.921. The Bertz CT molecular complexity index is 1630. The largest absolute Gasteiger partial charge is 0.478 e. The fourth-order valence-corrected chi connectivity index (χ4v) is 4.17. The predicted molar refractivity (Wildman–Crippen MR) is 131 cm³/mol. The first-order valence-corrected chi connectivity index (χ1v) is 11.2. The molecule has 0 atom stereocenters. The molecule has 0 unspecified atom stereocenters. The maximum atomic E-state index is 13.9. The molecule has 1 N–H and O–H groups in total. The number of benzene rings is 2. The highest BCUT2D eigenvalue weighted by Gasteiger charge is 2.17. The van der Waals surface area contributed by atoms with Gasteiger partial charge in [0, 0.05) is 24.1 Å². The molecule has 5 aromatic rings. The molecule has 36 heavy (non-hydrogen) atoms. The first-order valence-electron chi connectivity index (χ1n) is 11.2. The van der Waals surface area contributed by atoms with Gasteiger partial charge in [-0.1, -0.05) is 6.07 Å². The van der Waals surface area contributed by atoms with Crippen molar-refractivity contribution in [1.29, 1.82) is 0 Å². The zero-order valence-electron chi connectivity index (χ0n) is 19.5. The number of aryl methyl sites for hydroxylation is 1. The van der Waals surface area contributed by atoms with Gasteiger partial charge in [0.15, 0.2) is 5.65 Å². The third-order valence-electron chi connectivity index (χ3n) is 5.86. The third-order valence-corrected chi connectivity index (χ3v) is 5.86. The predicted octanol–water partition coefficient (Wildman–Crippen LogP) is 4.43. The Morgan fingerprint density at radius 1 is 1.03 bits per heavy atom. The smallest absolute Gasteiger partial charge is 0.387 e. The quantitative estimate of drug-likeness (QED) is 0.361. The van der Waals surface area contributed by atoms with E-state index in [4.69, 9.17) is 4.74 Å². The van der Waals surface area contributed by atoms with Crippen LogP contribution >= 0.6 is 0 Å². The summed E-state index contributed by atoms with van der Waals surface area (Å²) in [6, 6.07) is 16.5. The minimum absolute atomic E-state index is 0.0217. The molecular formula is C26H22F2N4O4. The van der Waals surface area contributed by atoms with Crippen LogP contribution in [0.4, 0.5) is 8.78 Å². The second-order valence-corrected chi connectivity index (χ2v) is 8.01. The Labute approximate surface area is 204 Å². The Morgan fingerprint density at radius 3 is 2.50 bits per heavy atom. The molecule has 0 aliphatic carbocycles. The van der Waals surface area contributed by atoms with Crippen molar-refractivity contribution in [2.45, 2.75) is 20.1 Å². The SMILES string of the molecule is CCOc1ccc2cc(-c3ccc4nc(CO)n(C)c4c3)c(=O)n(-c3ccc(OC(F)F)cc3)c2n1. The number of aromatic nitrogens is 4. The first-order chi connectivity index (χ1) is 17.4. The number of fused-ring (bicyclic) bond motifs is 2. The summed E-state index contributed by atoms with van der Waals surface area (Å²) in [5, 5.41) is 10.2. The molecule has 2 aromatic carbocycles. The number of imidazole rings is 1. The van der Waals surface area contributed by atoms with E-state index in [2.05, 4.69) is 14.7 Å². The molecule has 184 valence electrons. The summed E-state index contributed by atoms with van der Waals surface area (Å²) in [4.78, 5) is 22.8. The average molecular weight is 492 g/mol. The maximum absolute atomic E-state index is 13.9. The maximum Gasteiger partial charge on any atom is 0.387 e. The Morgan fingerprint density at radius 2 is 1.81 bits per heavy atom. The minimum atomic E-state index is -2.95. The number of aliphatic hydroxyl groups excluding tert-OH is 1. The van der Waals surface area contributed by atoms with E-state index in [1.165, 1.54) is 28.8 Å². The van der Waals surface area contributed by atoms with Crippen molar-refractivity contribution < 1.29 is 23.4 Å². The number of hydrogen-bond donors (Lipinski definition) is 1. The second-order valence-electron chi connectivity index (χ2n) is 8.01. The van der Waals surface area contributed by atoms with Crippen molar-refractivity contribution in [2.24, 2.45) is 7.05 Å². The van der Waals surface area contributed by atoms with Crippen LogP contribution in [0.3, 0.4) is 0 Å². The van der Waals surface area contributed by atoms with Gasteiger partial charge in [0.25, 0.3) is 5.56 Å². The molecule has 0 saturated carbocycles. The molecule has 0 aliphatic heterocycles. The molecule has 5 rings (SSSR count). The molecule has 0 radical (unpaired) electrons. The second kappa shape index (κ2) is 9.38. The summed E-state index contributed by atoms with van der Waals surface area (Å²) in [5.74, 6) is 0.847. The van der Waals surface area contributed by atoms with E-state index in [1.807, 2.05) is 19.1 Å². The molecule has 0 bridgehead atoms. The molecule has 3 aromatic heterocycles. The zero-order chi connectivity index (χ0) is 25.4. The molecule has 0 fully saturated rings. The van der Waals surface area contributed by atoms with Gasteiger partial charge in [0.1, 0.15) is 18.2 Å². The molecule has 3 heterocycles. The number of pyridine rings is 2. The average Bonchev–Trinajstić information content (AvgIpc) is 3.19. The van der Waals surface area contributed by atoms with E-state index in [0.717, 1.165) is 5.52 Å². The van der Waals surface area contributed by atoms with Crippen LogP contribution in [0.2, 0.25) is 0 Å². The van der Waals surface area contributed by atoms with E-state index in [-0.39, 0.29) is 17.9 Å². The summed E-state index contributed by atoms with van der Waals surface area (Å²) in [5.41, 5.74) is 2.97. The van der Waals surface area contributed by atoms with Crippen LogP contribution in [0, 0.1) is 0 Å². The van der Waals surface area contributed by atoms with Crippen molar-refractivity contribution >= 4 is 22.1 Å². The van der Waals surface area contributed by atoms with Gasteiger partial charge in [-0.15, -0.1) is 0 Å².